The van der Waals surface area contributed by atoms with Gasteiger partial charge in [-0.25, -0.2) is 9.18 Å². The second kappa shape index (κ2) is 7.21. The largest absolute Gasteiger partial charge is 0.488 e. The van der Waals surface area contributed by atoms with Gasteiger partial charge in [0.05, 0.1) is 5.52 Å². The summed E-state index contributed by atoms with van der Waals surface area (Å²) in [5.74, 6) is -0.801. The van der Waals surface area contributed by atoms with Crippen LogP contribution in [-0.4, -0.2) is 15.6 Å². The van der Waals surface area contributed by atoms with Crippen molar-refractivity contribution in [3.05, 3.63) is 78.3 Å². The predicted octanol–water partition coefficient (Wildman–Crippen LogP) is 4.63. The molecule has 1 heterocycles. The van der Waals surface area contributed by atoms with Gasteiger partial charge in [-0.1, -0.05) is 30.3 Å². The molecule has 0 atom stereocenters. The molecule has 0 spiro atoms. The summed E-state index contributed by atoms with van der Waals surface area (Å²) in [6, 6.07) is 13.4. The number of allylic oxidation sites excluding steroid dienone is 1. The van der Waals surface area contributed by atoms with Crippen molar-refractivity contribution >= 4 is 16.9 Å². The number of benzene rings is 2. The molecule has 1 aromatic heterocycles. The van der Waals surface area contributed by atoms with E-state index in [-0.39, 0.29) is 18.1 Å². The van der Waals surface area contributed by atoms with E-state index in [2.05, 4.69) is 6.58 Å². The zero-order valence-corrected chi connectivity index (χ0v) is 13.6. The summed E-state index contributed by atoms with van der Waals surface area (Å²) in [4.78, 5) is 11.6. The lowest BCUT2D eigenvalue weighted by Crippen LogP contribution is -2.07. The highest BCUT2D eigenvalue weighted by Crippen LogP contribution is 2.30. The van der Waals surface area contributed by atoms with Crippen LogP contribution in [0.1, 0.15) is 22.5 Å². The molecule has 25 heavy (non-hydrogen) atoms. The fraction of sp³-hybridized carbons (Fsp3) is 0.150. The fourth-order valence-electron chi connectivity index (χ4n) is 2.79. The topological polar surface area (TPSA) is 51.5 Å². The summed E-state index contributed by atoms with van der Waals surface area (Å²) >= 11 is 0. The summed E-state index contributed by atoms with van der Waals surface area (Å²) in [5.41, 5.74) is 1.41. The van der Waals surface area contributed by atoms with Crippen LogP contribution >= 0.6 is 0 Å². The van der Waals surface area contributed by atoms with Crippen molar-refractivity contribution in [2.24, 2.45) is 0 Å². The molecule has 128 valence electrons. The van der Waals surface area contributed by atoms with Gasteiger partial charge in [0.2, 0.25) is 0 Å². The van der Waals surface area contributed by atoms with Crippen LogP contribution < -0.4 is 4.74 Å². The summed E-state index contributed by atoms with van der Waals surface area (Å²) in [6.45, 7) is 4.28. The maximum absolute atomic E-state index is 13.7. The van der Waals surface area contributed by atoms with Gasteiger partial charge in [-0.2, -0.15) is 0 Å². The molecule has 0 amide bonds. The Hall–Kier alpha value is -3.08. The van der Waals surface area contributed by atoms with E-state index in [0.717, 1.165) is 5.52 Å². The summed E-state index contributed by atoms with van der Waals surface area (Å²) in [7, 11) is 0. The number of ether oxygens (including phenoxy) is 1. The molecule has 0 aliphatic rings. The highest BCUT2D eigenvalue weighted by atomic mass is 19.1. The first-order valence-electron chi connectivity index (χ1n) is 7.94. The Labute approximate surface area is 144 Å². The molecule has 2 aromatic carbocycles. The van der Waals surface area contributed by atoms with Crippen molar-refractivity contribution in [1.29, 1.82) is 0 Å². The van der Waals surface area contributed by atoms with Crippen LogP contribution in [0.15, 0.2) is 61.2 Å². The summed E-state index contributed by atoms with van der Waals surface area (Å²) in [6.07, 6.45) is 2.40. The molecule has 0 aliphatic carbocycles. The number of aryl methyl sites for hydroxylation is 1. The van der Waals surface area contributed by atoms with Gasteiger partial charge < -0.3 is 14.4 Å². The quantitative estimate of drug-likeness (QED) is 0.638. The first-order valence-corrected chi connectivity index (χ1v) is 7.94. The van der Waals surface area contributed by atoms with Gasteiger partial charge in [0.1, 0.15) is 23.9 Å². The SMILES string of the molecule is C=CCCn1c(C(=O)O)cc2c(OCc3ccccc3F)cccc21. The monoisotopic (exact) mass is 339 g/mol. The van der Waals surface area contributed by atoms with Gasteiger partial charge in [0, 0.05) is 17.5 Å². The lowest BCUT2D eigenvalue weighted by atomic mass is 10.2. The van der Waals surface area contributed by atoms with Crippen molar-refractivity contribution in [2.75, 3.05) is 0 Å². The summed E-state index contributed by atoms with van der Waals surface area (Å²) in [5, 5.41) is 10.2. The number of aromatic nitrogens is 1. The van der Waals surface area contributed by atoms with Crippen molar-refractivity contribution in [3.63, 3.8) is 0 Å². The zero-order chi connectivity index (χ0) is 17.8. The number of aromatic carboxylic acids is 1. The van der Waals surface area contributed by atoms with Crippen LogP contribution in [0.4, 0.5) is 4.39 Å². The van der Waals surface area contributed by atoms with E-state index in [9.17, 15) is 14.3 Å². The third kappa shape index (κ3) is 3.40. The van der Waals surface area contributed by atoms with Crippen molar-refractivity contribution in [2.45, 2.75) is 19.6 Å². The van der Waals surface area contributed by atoms with Crippen LogP contribution in [0, 0.1) is 5.82 Å². The Morgan fingerprint density at radius 2 is 2.04 bits per heavy atom. The average molecular weight is 339 g/mol. The van der Waals surface area contributed by atoms with Gasteiger partial charge in [-0.15, -0.1) is 6.58 Å². The molecule has 0 bridgehead atoms. The minimum absolute atomic E-state index is 0.0754. The van der Waals surface area contributed by atoms with Crippen LogP contribution in [0.3, 0.4) is 0 Å². The maximum atomic E-state index is 13.7. The number of fused-ring (bicyclic) bond motifs is 1. The number of nitrogens with zero attached hydrogens (tertiary/aromatic N) is 1. The number of hydrogen-bond acceptors (Lipinski definition) is 2. The van der Waals surface area contributed by atoms with Crippen LogP contribution in [-0.2, 0) is 13.2 Å². The first kappa shape index (κ1) is 16.8. The molecule has 5 heteroatoms. The number of rotatable bonds is 7. The predicted molar refractivity (Wildman–Crippen MR) is 94.4 cm³/mol. The minimum Gasteiger partial charge on any atom is -0.488 e. The second-order valence-corrected chi connectivity index (χ2v) is 5.63. The minimum atomic E-state index is -1.000. The van der Waals surface area contributed by atoms with Crippen molar-refractivity contribution in [1.82, 2.24) is 4.57 Å². The van der Waals surface area contributed by atoms with Crippen LogP contribution in [0.2, 0.25) is 0 Å². The molecule has 0 unspecified atom stereocenters. The van der Waals surface area contributed by atoms with Gasteiger partial charge in [-0.05, 0) is 30.7 Å². The Bertz CT molecular complexity index is 930. The molecule has 4 nitrogen and oxygen atoms in total. The molecular weight excluding hydrogens is 321 g/mol. The Morgan fingerprint density at radius 1 is 1.24 bits per heavy atom. The van der Waals surface area contributed by atoms with Gasteiger partial charge >= 0.3 is 5.97 Å². The summed E-state index contributed by atoms with van der Waals surface area (Å²) < 4.78 is 21.3. The second-order valence-electron chi connectivity index (χ2n) is 5.63. The zero-order valence-electron chi connectivity index (χ0n) is 13.6. The van der Waals surface area contributed by atoms with E-state index in [1.165, 1.54) is 6.07 Å². The standard InChI is InChI=1S/C20H18FNO3/c1-2-3-11-22-17-9-6-10-19(15(17)12-18(22)20(23)24)25-13-14-7-4-5-8-16(14)21/h2,4-10,12H,1,3,11,13H2,(H,23,24). The average Bonchev–Trinajstić information content (AvgIpc) is 2.99. The van der Waals surface area contributed by atoms with Crippen molar-refractivity contribution in [3.8, 4) is 5.75 Å². The molecule has 3 aromatic rings. The molecule has 1 N–H and O–H groups in total. The van der Waals surface area contributed by atoms with Gasteiger partial charge in [-0.3, -0.25) is 0 Å². The van der Waals surface area contributed by atoms with E-state index < -0.39 is 5.97 Å². The first-order chi connectivity index (χ1) is 12.1. The normalized spacial score (nSPS) is 10.8. The van der Waals surface area contributed by atoms with E-state index in [0.29, 0.717) is 29.7 Å². The van der Waals surface area contributed by atoms with E-state index in [1.807, 2.05) is 6.07 Å². The highest BCUT2D eigenvalue weighted by Gasteiger charge is 2.17. The van der Waals surface area contributed by atoms with Crippen LogP contribution in [0.5, 0.6) is 5.75 Å². The van der Waals surface area contributed by atoms with E-state index in [4.69, 9.17) is 4.74 Å². The fourth-order valence-corrected chi connectivity index (χ4v) is 2.79. The molecular formula is C20H18FNO3. The number of carbonyl (C=O) groups is 1. The highest BCUT2D eigenvalue weighted by molar-refractivity contribution is 5.97. The smallest absolute Gasteiger partial charge is 0.352 e. The third-order valence-electron chi connectivity index (χ3n) is 4.02. The Morgan fingerprint density at radius 3 is 2.76 bits per heavy atom. The Balaban J connectivity index is 1.97. The molecule has 3 rings (SSSR count). The van der Waals surface area contributed by atoms with E-state index in [1.54, 1.807) is 47.0 Å². The molecule has 0 fully saturated rings. The van der Waals surface area contributed by atoms with Gasteiger partial charge in [0.15, 0.2) is 0 Å². The van der Waals surface area contributed by atoms with Crippen molar-refractivity contribution < 1.29 is 19.0 Å². The number of carboxylic acids is 1. The number of hydrogen-bond donors (Lipinski definition) is 1. The lowest BCUT2D eigenvalue weighted by molar-refractivity contribution is 0.0685. The van der Waals surface area contributed by atoms with E-state index >= 15 is 0 Å². The third-order valence-corrected chi connectivity index (χ3v) is 4.02. The number of halogens is 1. The number of carboxylic acid groups (broad SMARTS) is 1. The molecule has 0 radical (unpaired) electrons. The maximum Gasteiger partial charge on any atom is 0.352 e. The molecule has 0 saturated carbocycles. The molecule has 0 aliphatic heterocycles. The Kier molecular flexibility index (Phi) is 4.84. The molecule has 0 saturated heterocycles. The lowest BCUT2D eigenvalue weighted by Gasteiger charge is -2.10. The van der Waals surface area contributed by atoms with Crippen LogP contribution in [0.25, 0.3) is 10.9 Å². The van der Waals surface area contributed by atoms with Gasteiger partial charge in [0.25, 0.3) is 0 Å².